The van der Waals surface area contributed by atoms with Gasteiger partial charge in [0.2, 0.25) is 0 Å². The summed E-state index contributed by atoms with van der Waals surface area (Å²) in [4.78, 5) is 30.2. The number of fused-ring (bicyclic) bond motifs is 1. The molecule has 4 aromatic heterocycles. The number of pyridine rings is 2. The molecule has 1 saturated heterocycles. The van der Waals surface area contributed by atoms with Crippen molar-refractivity contribution in [3.05, 3.63) is 77.0 Å². The summed E-state index contributed by atoms with van der Waals surface area (Å²) in [5.74, 6) is -0.262. The van der Waals surface area contributed by atoms with Gasteiger partial charge in [-0.3, -0.25) is 9.97 Å². The van der Waals surface area contributed by atoms with Crippen molar-refractivity contribution in [1.29, 1.82) is 0 Å². The van der Waals surface area contributed by atoms with Gasteiger partial charge in [0, 0.05) is 34.9 Å². The Balaban J connectivity index is 1.31. The fraction of sp³-hybridized carbons (Fsp3) is 0.185. The molecule has 1 aromatic carbocycles. The second kappa shape index (κ2) is 9.05. The number of rotatable bonds is 5. The average molecular weight is 482 g/mol. The predicted molar refractivity (Wildman–Crippen MR) is 137 cm³/mol. The van der Waals surface area contributed by atoms with Gasteiger partial charge in [-0.25, -0.2) is 9.78 Å². The first-order chi connectivity index (χ1) is 17.1. The summed E-state index contributed by atoms with van der Waals surface area (Å²) in [6, 6.07) is 16.1. The molecule has 0 saturated carbocycles. The quantitative estimate of drug-likeness (QED) is 0.334. The van der Waals surface area contributed by atoms with Gasteiger partial charge in [0.05, 0.1) is 28.9 Å². The van der Waals surface area contributed by atoms with E-state index in [2.05, 4.69) is 37.4 Å². The van der Waals surface area contributed by atoms with Crippen LogP contribution in [0.2, 0.25) is 0 Å². The van der Waals surface area contributed by atoms with Crippen LogP contribution in [0.25, 0.3) is 44.7 Å². The Morgan fingerprint density at radius 2 is 2.00 bits per heavy atom. The van der Waals surface area contributed by atoms with Crippen molar-refractivity contribution in [3.63, 3.8) is 0 Å². The van der Waals surface area contributed by atoms with E-state index in [-0.39, 0.29) is 12.1 Å². The molecule has 5 heterocycles. The number of nitrogens with zero attached hydrogens (tertiary/aromatic N) is 3. The first kappa shape index (κ1) is 21.6. The minimum Gasteiger partial charge on any atom is -0.457 e. The molecule has 1 aliphatic rings. The Morgan fingerprint density at radius 1 is 1.09 bits per heavy atom. The van der Waals surface area contributed by atoms with Crippen molar-refractivity contribution in [1.82, 2.24) is 25.3 Å². The van der Waals surface area contributed by atoms with E-state index >= 15 is 0 Å². The number of carbonyl (C=O) groups is 1. The molecule has 1 fully saturated rings. The zero-order valence-corrected chi connectivity index (χ0v) is 19.9. The average Bonchev–Trinajstić information content (AvgIpc) is 3.65. The first-order valence-corrected chi connectivity index (χ1v) is 12.4. The fourth-order valence-electron chi connectivity index (χ4n) is 4.36. The van der Waals surface area contributed by atoms with Gasteiger partial charge in [-0.15, -0.1) is 11.3 Å². The third-order valence-corrected chi connectivity index (χ3v) is 7.07. The standard InChI is InChI=1S/C27H23N5O2S/c1-16-3-2-4-23(32-16)26-25(30-15-31-26)17-5-6-22-18(9-17)10-19(12-29-22)20-11-24(35-14-20)27(33)34-21-7-8-28-13-21/h2-6,9-12,14-15,21,28H,7-8,13H2,1H3,(H,30,31)/t21-/m0/s1. The van der Waals surface area contributed by atoms with Gasteiger partial charge >= 0.3 is 5.97 Å². The largest absolute Gasteiger partial charge is 0.457 e. The molecule has 8 heteroatoms. The monoisotopic (exact) mass is 481 g/mol. The highest BCUT2D eigenvalue weighted by Gasteiger charge is 2.21. The lowest BCUT2D eigenvalue weighted by atomic mass is 10.0. The van der Waals surface area contributed by atoms with Gasteiger partial charge in [0.15, 0.2) is 0 Å². The van der Waals surface area contributed by atoms with Gasteiger partial charge in [-0.05, 0) is 67.2 Å². The Kier molecular flexibility index (Phi) is 5.60. The number of imidazole rings is 1. The second-order valence-electron chi connectivity index (χ2n) is 8.64. The molecule has 5 aromatic rings. The summed E-state index contributed by atoms with van der Waals surface area (Å²) in [5, 5.41) is 6.19. The summed E-state index contributed by atoms with van der Waals surface area (Å²) in [7, 11) is 0. The molecule has 6 rings (SSSR count). The molecule has 0 amide bonds. The normalized spacial score (nSPS) is 15.5. The first-order valence-electron chi connectivity index (χ1n) is 11.5. The molecule has 35 heavy (non-hydrogen) atoms. The highest BCUT2D eigenvalue weighted by atomic mass is 32.1. The Bertz CT molecular complexity index is 1530. The van der Waals surface area contributed by atoms with Crippen molar-refractivity contribution < 1.29 is 9.53 Å². The topological polar surface area (TPSA) is 92.8 Å². The summed E-state index contributed by atoms with van der Waals surface area (Å²) in [5.41, 5.74) is 7.33. The molecule has 0 radical (unpaired) electrons. The number of ether oxygens (including phenoxy) is 1. The molecular weight excluding hydrogens is 458 g/mol. The molecule has 1 atom stereocenters. The number of H-pyrrole nitrogens is 1. The third kappa shape index (κ3) is 4.34. The lowest BCUT2D eigenvalue weighted by molar-refractivity contribution is 0.0350. The zero-order chi connectivity index (χ0) is 23.8. The summed E-state index contributed by atoms with van der Waals surface area (Å²) >= 11 is 1.40. The van der Waals surface area contributed by atoms with E-state index in [1.165, 1.54) is 11.3 Å². The highest BCUT2D eigenvalue weighted by Crippen LogP contribution is 2.32. The van der Waals surface area contributed by atoms with Gasteiger partial charge < -0.3 is 15.0 Å². The van der Waals surface area contributed by atoms with E-state index in [1.807, 2.05) is 54.9 Å². The Morgan fingerprint density at radius 3 is 2.86 bits per heavy atom. The predicted octanol–water partition coefficient (Wildman–Crippen LogP) is 5.24. The van der Waals surface area contributed by atoms with Gasteiger partial charge in [-0.1, -0.05) is 12.1 Å². The Hall–Kier alpha value is -3.88. The zero-order valence-electron chi connectivity index (χ0n) is 19.1. The molecular formula is C27H23N5O2S. The third-order valence-electron chi connectivity index (χ3n) is 6.16. The molecule has 0 unspecified atom stereocenters. The van der Waals surface area contributed by atoms with Crippen LogP contribution in [0.15, 0.2) is 66.4 Å². The Labute approximate surface area is 206 Å². The van der Waals surface area contributed by atoms with Crippen molar-refractivity contribution >= 4 is 28.2 Å². The SMILES string of the molecule is Cc1cccc(-c2[nH]cnc2-c2ccc3ncc(-c4csc(C(=O)O[C@H]5CCNC5)c4)cc3c2)n1. The van der Waals surface area contributed by atoms with Crippen LogP contribution in [-0.2, 0) is 4.74 Å². The lowest BCUT2D eigenvalue weighted by Gasteiger charge is -2.09. The van der Waals surface area contributed by atoms with Crippen LogP contribution in [0.4, 0.5) is 0 Å². The van der Waals surface area contributed by atoms with Crippen LogP contribution in [0, 0.1) is 6.92 Å². The van der Waals surface area contributed by atoms with Crippen LogP contribution < -0.4 is 5.32 Å². The minimum atomic E-state index is -0.262. The molecule has 0 aliphatic carbocycles. The number of thiophene rings is 1. The highest BCUT2D eigenvalue weighted by molar-refractivity contribution is 7.12. The van der Waals surface area contributed by atoms with E-state index in [4.69, 9.17) is 4.74 Å². The number of esters is 1. The van der Waals surface area contributed by atoms with Gasteiger partial charge in [0.1, 0.15) is 11.0 Å². The van der Waals surface area contributed by atoms with Crippen molar-refractivity contribution in [3.8, 4) is 33.8 Å². The summed E-state index contributed by atoms with van der Waals surface area (Å²) in [6.07, 6.45) is 4.35. The van der Waals surface area contributed by atoms with Crippen LogP contribution >= 0.6 is 11.3 Å². The second-order valence-corrected chi connectivity index (χ2v) is 9.55. The fourth-order valence-corrected chi connectivity index (χ4v) is 5.16. The van der Waals surface area contributed by atoms with E-state index in [1.54, 1.807) is 6.33 Å². The number of nitrogens with one attached hydrogen (secondary N) is 2. The number of aryl methyl sites for hydroxylation is 1. The van der Waals surface area contributed by atoms with Crippen LogP contribution in [0.5, 0.6) is 0 Å². The van der Waals surface area contributed by atoms with E-state index < -0.39 is 0 Å². The van der Waals surface area contributed by atoms with E-state index in [9.17, 15) is 4.79 Å². The smallest absolute Gasteiger partial charge is 0.348 e. The molecule has 7 nitrogen and oxygen atoms in total. The molecule has 174 valence electrons. The van der Waals surface area contributed by atoms with Crippen LogP contribution in [0.1, 0.15) is 21.8 Å². The van der Waals surface area contributed by atoms with Crippen molar-refractivity contribution in [2.24, 2.45) is 0 Å². The van der Waals surface area contributed by atoms with Crippen molar-refractivity contribution in [2.45, 2.75) is 19.4 Å². The summed E-state index contributed by atoms with van der Waals surface area (Å²) < 4.78 is 5.61. The number of aromatic amines is 1. The summed E-state index contributed by atoms with van der Waals surface area (Å²) in [6.45, 7) is 3.59. The maximum atomic E-state index is 12.5. The van der Waals surface area contributed by atoms with Crippen molar-refractivity contribution in [2.75, 3.05) is 13.1 Å². The van der Waals surface area contributed by atoms with Gasteiger partial charge in [0.25, 0.3) is 0 Å². The molecule has 1 aliphatic heterocycles. The molecule has 0 spiro atoms. The molecule has 2 N–H and O–H groups in total. The number of carbonyl (C=O) groups excluding carboxylic acids is 1. The number of hydrogen-bond donors (Lipinski definition) is 2. The van der Waals surface area contributed by atoms with E-state index in [0.717, 1.165) is 69.9 Å². The number of benzene rings is 1. The maximum Gasteiger partial charge on any atom is 0.348 e. The number of aromatic nitrogens is 4. The molecule has 0 bridgehead atoms. The maximum absolute atomic E-state index is 12.5. The number of hydrogen-bond acceptors (Lipinski definition) is 7. The van der Waals surface area contributed by atoms with Crippen LogP contribution in [0.3, 0.4) is 0 Å². The van der Waals surface area contributed by atoms with Crippen LogP contribution in [-0.4, -0.2) is 45.1 Å². The minimum absolute atomic E-state index is 0.0456. The lowest BCUT2D eigenvalue weighted by Crippen LogP contribution is -2.20. The van der Waals surface area contributed by atoms with Gasteiger partial charge in [-0.2, -0.15) is 0 Å². The van der Waals surface area contributed by atoms with E-state index in [0.29, 0.717) is 4.88 Å².